The molecular formula is C19H18FNO4S2. The predicted octanol–water partition coefficient (Wildman–Crippen LogP) is 3.39. The Labute approximate surface area is 160 Å². The van der Waals surface area contributed by atoms with Gasteiger partial charge in [-0.1, -0.05) is 6.07 Å². The number of sulfone groups is 1. The summed E-state index contributed by atoms with van der Waals surface area (Å²) in [6.07, 6.45) is 1.95. The van der Waals surface area contributed by atoms with Gasteiger partial charge in [-0.3, -0.25) is 4.79 Å². The third-order valence-electron chi connectivity index (χ3n) is 4.83. The Bertz CT molecular complexity index is 1070. The molecule has 3 aromatic rings. The molecule has 1 aromatic carbocycles. The van der Waals surface area contributed by atoms with Crippen LogP contribution in [0.15, 0.2) is 46.4 Å². The average molecular weight is 407 g/mol. The van der Waals surface area contributed by atoms with Crippen LogP contribution in [0.5, 0.6) is 0 Å². The van der Waals surface area contributed by atoms with Gasteiger partial charge in [0.05, 0.1) is 30.7 Å². The molecule has 0 spiro atoms. The molecule has 4 rings (SSSR count). The molecule has 5 nitrogen and oxygen atoms in total. The normalized spacial score (nSPS) is 18.8. The van der Waals surface area contributed by atoms with Crippen LogP contribution in [0.3, 0.4) is 0 Å². The van der Waals surface area contributed by atoms with Crippen LogP contribution in [0.1, 0.15) is 16.9 Å². The van der Waals surface area contributed by atoms with E-state index in [9.17, 15) is 17.6 Å². The Kier molecular flexibility index (Phi) is 4.77. The molecule has 8 heteroatoms. The fraction of sp³-hybridized carbons (Fsp3) is 0.316. The highest BCUT2D eigenvalue weighted by atomic mass is 32.2. The van der Waals surface area contributed by atoms with E-state index in [0.717, 1.165) is 4.88 Å². The van der Waals surface area contributed by atoms with Crippen molar-refractivity contribution in [3.05, 3.63) is 58.2 Å². The number of hydrogen-bond acceptors (Lipinski definition) is 5. The van der Waals surface area contributed by atoms with E-state index in [0.29, 0.717) is 29.5 Å². The number of amides is 1. The van der Waals surface area contributed by atoms with Gasteiger partial charge in [-0.15, -0.1) is 11.3 Å². The van der Waals surface area contributed by atoms with Crippen LogP contribution in [0.2, 0.25) is 0 Å². The van der Waals surface area contributed by atoms with Crippen molar-refractivity contribution < 1.29 is 22.0 Å². The SMILES string of the molecule is O=C(Cc1coc2ccc(F)cc12)N(Cc1cccs1)C1CCS(=O)(=O)C1. The summed E-state index contributed by atoms with van der Waals surface area (Å²) in [6.45, 7) is 0.376. The first-order chi connectivity index (χ1) is 12.9. The molecule has 27 heavy (non-hydrogen) atoms. The van der Waals surface area contributed by atoms with E-state index >= 15 is 0 Å². The van der Waals surface area contributed by atoms with Crippen LogP contribution in [-0.2, 0) is 27.6 Å². The minimum absolute atomic E-state index is 0.00905. The van der Waals surface area contributed by atoms with E-state index in [2.05, 4.69) is 0 Å². The maximum Gasteiger partial charge on any atom is 0.227 e. The van der Waals surface area contributed by atoms with Crippen LogP contribution < -0.4 is 0 Å². The molecule has 0 radical (unpaired) electrons. The number of nitrogens with zero attached hydrogens (tertiary/aromatic N) is 1. The lowest BCUT2D eigenvalue weighted by Crippen LogP contribution is -2.41. The van der Waals surface area contributed by atoms with Gasteiger partial charge < -0.3 is 9.32 Å². The lowest BCUT2D eigenvalue weighted by Gasteiger charge is -2.28. The van der Waals surface area contributed by atoms with E-state index in [-0.39, 0.29) is 29.9 Å². The van der Waals surface area contributed by atoms with Gasteiger partial charge in [-0.25, -0.2) is 12.8 Å². The molecule has 1 aliphatic heterocycles. The van der Waals surface area contributed by atoms with E-state index < -0.39 is 15.7 Å². The van der Waals surface area contributed by atoms with E-state index in [1.165, 1.54) is 35.8 Å². The number of fused-ring (bicyclic) bond motifs is 1. The molecule has 0 saturated carbocycles. The fourth-order valence-electron chi connectivity index (χ4n) is 3.47. The highest BCUT2D eigenvalue weighted by molar-refractivity contribution is 7.91. The number of rotatable bonds is 5. The van der Waals surface area contributed by atoms with Crippen LogP contribution in [0, 0.1) is 5.82 Å². The quantitative estimate of drug-likeness (QED) is 0.650. The van der Waals surface area contributed by atoms with Crippen molar-refractivity contribution in [2.45, 2.75) is 25.4 Å². The van der Waals surface area contributed by atoms with Crippen LogP contribution in [-0.4, -0.2) is 36.8 Å². The summed E-state index contributed by atoms with van der Waals surface area (Å²) in [5.74, 6) is -0.483. The molecule has 1 aliphatic rings. The summed E-state index contributed by atoms with van der Waals surface area (Å²) in [4.78, 5) is 15.7. The number of carbonyl (C=O) groups is 1. The third kappa shape index (κ3) is 3.91. The van der Waals surface area contributed by atoms with Crippen molar-refractivity contribution in [2.24, 2.45) is 0 Å². The molecule has 0 N–H and O–H groups in total. The highest BCUT2D eigenvalue weighted by Crippen LogP contribution is 2.26. The molecule has 2 aromatic heterocycles. The molecule has 1 amide bonds. The van der Waals surface area contributed by atoms with Gasteiger partial charge in [0, 0.05) is 21.9 Å². The molecule has 1 atom stereocenters. The maximum atomic E-state index is 13.6. The van der Waals surface area contributed by atoms with Crippen molar-refractivity contribution in [1.82, 2.24) is 4.90 Å². The second-order valence-electron chi connectivity index (χ2n) is 6.74. The number of thiophene rings is 1. The summed E-state index contributed by atoms with van der Waals surface area (Å²) < 4.78 is 42.8. The molecule has 3 heterocycles. The van der Waals surface area contributed by atoms with Gasteiger partial charge >= 0.3 is 0 Å². The second kappa shape index (κ2) is 7.09. The first kappa shape index (κ1) is 18.2. The zero-order valence-electron chi connectivity index (χ0n) is 14.4. The smallest absolute Gasteiger partial charge is 0.227 e. The third-order valence-corrected chi connectivity index (χ3v) is 7.44. The minimum atomic E-state index is -3.11. The molecule has 0 aliphatic carbocycles. The van der Waals surface area contributed by atoms with Crippen LogP contribution in [0.25, 0.3) is 11.0 Å². The van der Waals surface area contributed by atoms with E-state index in [1.54, 1.807) is 4.90 Å². The lowest BCUT2D eigenvalue weighted by atomic mass is 10.1. The van der Waals surface area contributed by atoms with Gasteiger partial charge in [0.15, 0.2) is 9.84 Å². The average Bonchev–Trinajstić information content (AvgIpc) is 3.34. The molecule has 1 saturated heterocycles. The Balaban J connectivity index is 1.60. The zero-order valence-corrected chi connectivity index (χ0v) is 16.1. The summed E-state index contributed by atoms with van der Waals surface area (Å²) in [5, 5.41) is 2.49. The number of benzene rings is 1. The van der Waals surface area contributed by atoms with Crippen molar-refractivity contribution >= 4 is 38.1 Å². The predicted molar refractivity (Wildman–Crippen MR) is 102 cm³/mol. The summed E-state index contributed by atoms with van der Waals surface area (Å²) in [6, 6.07) is 7.69. The van der Waals surface area contributed by atoms with Gasteiger partial charge in [0.2, 0.25) is 5.91 Å². The molecule has 1 unspecified atom stereocenters. The van der Waals surface area contributed by atoms with Crippen molar-refractivity contribution in [3.8, 4) is 0 Å². The molecular weight excluding hydrogens is 389 g/mol. The number of halogens is 1. The van der Waals surface area contributed by atoms with Crippen LogP contribution in [0.4, 0.5) is 4.39 Å². The van der Waals surface area contributed by atoms with E-state index in [1.807, 2.05) is 17.5 Å². The van der Waals surface area contributed by atoms with Crippen molar-refractivity contribution in [3.63, 3.8) is 0 Å². The molecule has 1 fully saturated rings. The fourth-order valence-corrected chi connectivity index (χ4v) is 5.90. The number of furan rings is 1. The standard InChI is InChI=1S/C19H18FNO4S2/c20-14-3-4-18-17(9-14)13(11-25-18)8-19(22)21(10-16-2-1-6-26-16)15-5-7-27(23,24)12-15/h1-4,6,9,11,15H,5,7-8,10,12H2. The Morgan fingerprint density at radius 3 is 2.89 bits per heavy atom. The minimum Gasteiger partial charge on any atom is -0.464 e. The van der Waals surface area contributed by atoms with Crippen molar-refractivity contribution in [1.29, 1.82) is 0 Å². The first-order valence-electron chi connectivity index (χ1n) is 8.59. The van der Waals surface area contributed by atoms with E-state index in [4.69, 9.17) is 4.42 Å². The van der Waals surface area contributed by atoms with Crippen molar-refractivity contribution in [2.75, 3.05) is 11.5 Å². The lowest BCUT2D eigenvalue weighted by molar-refractivity contribution is -0.133. The summed E-state index contributed by atoms with van der Waals surface area (Å²) in [5.41, 5.74) is 1.12. The summed E-state index contributed by atoms with van der Waals surface area (Å²) in [7, 11) is -3.11. The Morgan fingerprint density at radius 1 is 1.33 bits per heavy atom. The Hall–Kier alpha value is -2.19. The summed E-state index contributed by atoms with van der Waals surface area (Å²) >= 11 is 1.53. The second-order valence-corrected chi connectivity index (χ2v) is 10.00. The molecule has 0 bridgehead atoms. The topological polar surface area (TPSA) is 67.6 Å². The van der Waals surface area contributed by atoms with Gasteiger partial charge in [0.1, 0.15) is 11.4 Å². The van der Waals surface area contributed by atoms with Crippen LogP contribution >= 0.6 is 11.3 Å². The highest BCUT2D eigenvalue weighted by Gasteiger charge is 2.35. The molecule has 142 valence electrons. The first-order valence-corrected chi connectivity index (χ1v) is 11.3. The Morgan fingerprint density at radius 2 is 2.19 bits per heavy atom. The van der Waals surface area contributed by atoms with Gasteiger partial charge in [-0.2, -0.15) is 0 Å². The maximum absolute atomic E-state index is 13.6. The number of carbonyl (C=O) groups excluding carboxylic acids is 1. The largest absolute Gasteiger partial charge is 0.464 e. The van der Waals surface area contributed by atoms with Gasteiger partial charge in [0.25, 0.3) is 0 Å². The number of hydrogen-bond donors (Lipinski definition) is 0. The van der Waals surface area contributed by atoms with Gasteiger partial charge in [-0.05, 0) is 36.1 Å². The zero-order chi connectivity index (χ0) is 19.0. The monoisotopic (exact) mass is 407 g/mol.